The zero-order valence-electron chi connectivity index (χ0n) is 10.4. The second-order valence-corrected chi connectivity index (χ2v) is 6.91. The predicted molar refractivity (Wildman–Crippen MR) is 73.0 cm³/mol. The maximum Gasteiger partial charge on any atom is 0.435 e. The fourth-order valence-electron chi connectivity index (χ4n) is 2.17. The highest BCUT2D eigenvalue weighted by Crippen LogP contribution is 2.42. The van der Waals surface area contributed by atoms with Crippen molar-refractivity contribution in [2.24, 2.45) is 7.05 Å². The fourth-order valence-corrected chi connectivity index (χ4v) is 3.75. The molecule has 0 saturated carbocycles. The Kier molecular flexibility index (Phi) is 3.28. The topological polar surface area (TPSA) is 34.0 Å². The minimum Gasteiger partial charge on any atom is -0.346 e. The lowest BCUT2D eigenvalue weighted by Crippen LogP contribution is -2.46. The second kappa shape index (κ2) is 4.73. The summed E-state index contributed by atoms with van der Waals surface area (Å²) in [5.41, 5.74) is -0.849. The van der Waals surface area contributed by atoms with Gasteiger partial charge in [-0.1, -0.05) is 11.3 Å². The quantitative estimate of drug-likeness (QED) is 0.817. The Morgan fingerprint density at radius 2 is 2.10 bits per heavy atom. The zero-order chi connectivity index (χ0) is 14.5. The molecule has 108 valence electrons. The predicted octanol–water partition coefficient (Wildman–Crippen LogP) is 3.26. The van der Waals surface area contributed by atoms with Gasteiger partial charge in [0.05, 0.1) is 5.92 Å². The Bertz CT molecular complexity index is 630. The summed E-state index contributed by atoms with van der Waals surface area (Å²) in [7, 11) is 1.91. The molecule has 0 radical (unpaired) electrons. The molecule has 0 bridgehead atoms. The van der Waals surface area contributed by atoms with Crippen LogP contribution in [-0.2, 0) is 13.2 Å². The van der Waals surface area contributed by atoms with Crippen LogP contribution in [0, 0.1) is 0 Å². The largest absolute Gasteiger partial charge is 0.435 e. The number of alkyl halides is 3. The van der Waals surface area contributed by atoms with E-state index in [1.807, 2.05) is 22.7 Å². The number of rotatable bonds is 2. The third kappa shape index (κ3) is 2.32. The molecule has 3 rings (SSSR count). The van der Waals surface area contributed by atoms with Crippen LogP contribution in [0.4, 0.5) is 18.3 Å². The molecule has 1 aliphatic rings. The number of aromatic nitrogens is 3. The molecule has 0 aromatic carbocycles. The van der Waals surface area contributed by atoms with Gasteiger partial charge in [0.25, 0.3) is 0 Å². The lowest BCUT2D eigenvalue weighted by molar-refractivity contribution is -0.141. The molecule has 2 aromatic rings. The van der Waals surface area contributed by atoms with Gasteiger partial charge in [0, 0.05) is 32.5 Å². The van der Waals surface area contributed by atoms with Crippen LogP contribution in [0.2, 0.25) is 0 Å². The molecule has 0 unspecified atom stereocenters. The molecular weight excluding hydrogens is 357 g/mol. The summed E-state index contributed by atoms with van der Waals surface area (Å²) in [6.45, 7) is 1.28. The van der Waals surface area contributed by atoms with Crippen molar-refractivity contribution >= 4 is 32.4 Å². The Balaban J connectivity index is 1.73. The molecular formula is C11H10BrF3N4S. The first kappa shape index (κ1) is 13.9. The third-order valence-corrected chi connectivity index (χ3v) is 4.98. The molecule has 2 aromatic heterocycles. The average molecular weight is 367 g/mol. The molecule has 1 aliphatic heterocycles. The van der Waals surface area contributed by atoms with Crippen LogP contribution in [0.5, 0.6) is 0 Å². The SMILES string of the molecule is Cn1ccnc1C1CN(c2nc(C(F)(F)F)c(Br)s2)C1. The van der Waals surface area contributed by atoms with Crippen molar-refractivity contribution < 1.29 is 13.2 Å². The number of anilines is 1. The summed E-state index contributed by atoms with van der Waals surface area (Å²) in [6.07, 6.45) is -0.836. The van der Waals surface area contributed by atoms with E-state index in [2.05, 4.69) is 25.9 Å². The van der Waals surface area contributed by atoms with Crippen LogP contribution < -0.4 is 4.90 Å². The molecule has 0 aliphatic carbocycles. The summed E-state index contributed by atoms with van der Waals surface area (Å²) in [5.74, 6) is 1.19. The third-order valence-electron chi connectivity index (χ3n) is 3.22. The van der Waals surface area contributed by atoms with Gasteiger partial charge >= 0.3 is 6.18 Å². The van der Waals surface area contributed by atoms with E-state index in [0.29, 0.717) is 18.2 Å². The van der Waals surface area contributed by atoms with Gasteiger partial charge in [-0.15, -0.1) is 0 Å². The maximum absolute atomic E-state index is 12.7. The number of imidazole rings is 1. The molecule has 3 heterocycles. The van der Waals surface area contributed by atoms with Crippen molar-refractivity contribution in [2.75, 3.05) is 18.0 Å². The van der Waals surface area contributed by atoms with Crippen molar-refractivity contribution in [2.45, 2.75) is 12.1 Å². The molecule has 4 nitrogen and oxygen atoms in total. The number of aryl methyl sites for hydroxylation is 1. The van der Waals surface area contributed by atoms with Crippen molar-refractivity contribution in [1.82, 2.24) is 14.5 Å². The van der Waals surface area contributed by atoms with Crippen molar-refractivity contribution in [3.8, 4) is 0 Å². The molecule has 0 spiro atoms. The fraction of sp³-hybridized carbons (Fsp3) is 0.455. The molecule has 0 atom stereocenters. The van der Waals surface area contributed by atoms with Gasteiger partial charge in [0.15, 0.2) is 10.8 Å². The monoisotopic (exact) mass is 366 g/mol. The molecule has 0 amide bonds. The van der Waals surface area contributed by atoms with Gasteiger partial charge in [0.2, 0.25) is 0 Å². The first-order valence-electron chi connectivity index (χ1n) is 5.82. The van der Waals surface area contributed by atoms with Crippen LogP contribution >= 0.6 is 27.3 Å². The van der Waals surface area contributed by atoms with Gasteiger partial charge in [0.1, 0.15) is 9.61 Å². The molecule has 20 heavy (non-hydrogen) atoms. The van der Waals surface area contributed by atoms with Gasteiger partial charge in [-0.3, -0.25) is 0 Å². The first-order chi connectivity index (χ1) is 9.36. The number of nitrogens with zero attached hydrogens (tertiary/aromatic N) is 4. The number of thiazole rings is 1. The van der Waals surface area contributed by atoms with Crippen molar-refractivity contribution in [3.63, 3.8) is 0 Å². The minimum absolute atomic E-state index is 0.0282. The van der Waals surface area contributed by atoms with Crippen molar-refractivity contribution in [3.05, 3.63) is 27.7 Å². The van der Waals surface area contributed by atoms with Crippen LogP contribution in [-0.4, -0.2) is 27.6 Å². The summed E-state index contributed by atoms with van der Waals surface area (Å²) in [5, 5.41) is 0.398. The Morgan fingerprint density at radius 3 is 2.60 bits per heavy atom. The molecule has 1 saturated heterocycles. The zero-order valence-corrected chi connectivity index (χ0v) is 12.8. The average Bonchev–Trinajstić information content (AvgIpc) is 2.84. The lowest BCUT2D eigenvalue weighted by Gasteiger charge is -2.38. The molecule has 1 fully saturated rings. The summed E-state index contributed by atoms with van der Waals surface area (Å²) in [4.78, 5) is 9.78. The highest BCUT2D eigenvalue weighted by atomic mass is 79.9. The van der Waals surface area contributed by atoms with Crippen LogP contribution in [0.1, 0.15) is 17.4 Å². The Morgan fingerprint density at radius 1 is 1.40 bits per heavy atom. The highest BCUT2D eigenvalue weighted by Gasteiger charge is 2.39. The van der Waals surface area contributed by atoms with Gasteiger partial charge in [-0.25, -0.2) is 9.97 Å². The van der Waals surface area contributed by atoms with E-state index in [-0.39, 0.29) is 9.70 Å². The lowest BCUT2D eigenvalue weighted by atomic mass is 10.0. The standard InChI is InChI=1S/C11H10BrF3N4S/c1-18-3-2-16-9(18)6-4-19(5-6)10-17-7(8(12)20-10)11(13,14)15/h2-3,6H,4-5H2,1H3. The first-order valence-corrected chi connectivity index (χ1v) is 7.43. The summed E-state index contributed by atoms with van der Waals surface area (Å²) in [6, 6.07) is 0. The summed E-state index contributed by atoms with van der Waals surface area (Å²) >= 11 is 3.95. The van der Waals surface area contributed by atoms with Crippen LogP contribution in [0.25, 0.3) is 0 Å². The number of hydrogen-bond acceptors (Lipinski definition) is 4. The van der Waals surface area contributed by atoms with E-state index in [4.69, 9.17) is 0 Å². The maximum atomic E-state index is 12.7. The van der Waals surface area contributed by atoms with Gasteiger partial charge in [-0.2, -0.15) is 13.2 Å². The van der Waals surface area contributed by atoms with E-state index in [0.717, 1.165) is 17.2 Å². The van der Waals surface area contributed by atoms with E-state index in [9.17, 15) is 13.2 Å². The van der Waals surface area contributed by atoms with E-state index < -0.39 is 11.9 Å². The number of halogens is 4. The Labute approximate surface area is 125 Å². The molecule has 0 N–H and O–H groups in total. The smallest absolute Gasteiger partial charge is 0.346 e. The van der Waals surface area contributed by atoms with E-state index >= 15 is 0 Å². The second-order valence-electron chi connectivity index (χ2n) is 4.61. The molecule has 9 heteroatoms. The minimum atomic E-state index is -4.42. The van der Waals surface area contributed by atoms with E-state index in [1.165, 1.54) is 0 Å². The highest BCUT2D eigenvalue weighted by molar-refractivity contribution is 9.11. The van der Waals surface area contributed by atoms with Gasteiger partial charge in [-0.05, 0) is 15.9 Å². The van der Waals surface area contributed by atoms with Crippen LogP contribution in [0.15, 0.2) is 16.2 Å². The normalized spacial score (nSPS) is 16.6. The van der Waals surface area contributed by atoms with E-state index in [1.54, 1.807) is 6.20 Å². The van der Waals surface area contributed by atoms with Gasteiger partial charge < -0.3 is 9.47 Å². The summed E-state index contributed by atoms with van der Waals surface area (Å²) < 4.78 is 40.0. The van der Waals surface area contributed by atoms with Crippen molar-refractivity contribution in [1.29, 1.82) is 0 Å². The Hall–Kier alpha value is -1.09. The number of hydrogen-bond donors (Lipinski definition) is 0. The van der Waals surface area contributed by atoms with Crippen LogP contribution in [0.3, 0.4) is 0 Å².